The van der Waals surface area contributed by atoms with E-state index in [1.54, 1.807) is 0 Å². The normalized spacial score (nSPS) is 14.5. The fourth-order valence-electron chi connectivity index (χ4n) is 1.09. The van der Waals surface area contributed by atoms with Crippen molar-refractivity contribution in [1.82, 2.24) is 10.2 Å². The smallest absolute Gasteiger partial charge is 0.236 e. The van der Waals surface area contributed by atoms with Crippen molar-refractivity contribution >= 4 is 8.37 Å². The van der Waals surface area contributed by atoms with Gasteiger partial charge in [0.05, 0.1) is 0 Å². The monoisotopic (exact) mass is 303 g/mol. The van der Waals surface area contributed by atoms with Crippen molar-refractivity contribution in [1.29, 1.82) is 0 Å². The molecule has 0 fully saturated rings. The highest BCUT2D eigenvalue weighted by atomic mass is 31.1. The summed E-state index contributed by atoms with van der Waals surface area (Å²) in [5.74, 6) is 0. The summed E-state index contributed by atoms with van der Waals surface area (Å²) >= 11 is 0. The number of hydrogen-bond donors (Lipinski definition) is 3. The highest BCUT2D eigenvalue weighted by Crippen LogP contribution is 2.28. The minimum atomic E-state index is -0.728. The predicted molar refractivity (Wildman–Crippen MR) is 89.5 cm³/mol. The van der Waals surface area contributed by atoms with Gasteiger partial charge in [0.1, 0.15) is 0 Å². The quantitative estimate of drug-likeness (QED) is 0.522. The second-order valence-corrected chi connectivity index (χ2v) is 10.6. The molecule has 0 aliphatic rings. The maximum Gasteiger partial charge on any atom is 0.236 e. The Morgan fingerprint density at radius 2 is 1.15 bits per heavy atom. The van der Waals surface area contributed by atoms with E-state index in [4.69, 9.17) is 0 Å². The standard InChI is InChI=1S/C15H35N4P/c1-13(2,3)10-16-19-20(17-11-14(4,5)6)18-12-15(7,8)9/h17-18H,10-12H2,1-9H3/p+1. The zero-order chi connectivity index (χ0) is 16.0. The minimum absolute atomic E-state index is 0.249. The lowest BCUT2D eigenvalue weighted by Gasteiger charge is -2.24. The van der Waals surface area contributed by atoms with Crippen molar-refractivity contribution in [3.63, 3.8) is 0 Å². The van der Waals surface area contributed by atoms with Crippen molar-refractivity contribution in [2.75, 3.05) is 19.6 Å². The highest BCUT2D eigenvalue weighted by molar-refractivity contribution is 7.51. The molecule has 0 aliphatic heterocycles. The van der Waals surface area contributed by atoms with Gasteiger partial charge >= 0.3 is 0 Å². The number of rotatable bonds is 6. The molecule has 3 N–H and O–H groups in total. The lowest BCUT2D eigenvalue weighted by atomic mass is 9.98. The first-order valence-electron chi connectivity index (χ1n) is 7.49. The second kappa shape index (κ2) is 7.82. The fraction of sp³-hybridized carbons (Fsp3) is 1.00. The molecule has 0 saturated heterocycles. The first-order chi connectivity index (χ1) is 8.79. The zero-order valence-corrected chi connectivity index (χ0v) is 15.9. The Kier molecular flexibility index (Phi) is 7.80. The first-order valence-corrected chi connectivity index (χ1v) is 8.79. The van der Waals surface area contributed by atoms with Crippen LogP contribution < -0.4 is 15.3 Å². The van der Waals surface area contributed by atoms with E-state index in [0.717, 1.165) is 19.6 Å². The SMILES string of the molecule is CC(C)(C)CNP(N=[NH+]CC(C)(C)C)NCC(C)(C)C. The zero-order valence-electron chi connectivity index (χ0n) is 15.0. The summed E-state index contributed by atoms with van der Waals surface area (Å²) in [5, 5.41) is 10.3. The molecule has 0 aliphatic carbocycles. The minimum Gasteiger partial charge on any atom is -0.260 e. The Morgan fingerprint density at radius 1 is 0.750 bits per heavy atom. The molecule has 0 aromatic heterocycles. The van der Waals surface area contributed by atoms with Gasteiger partial charge in [-0.15, -0.1) is 5.11 Å². The molecule has 0 heterocycles. The van der Waals surface area contributed by atoms with E-state index in [1.807, 2.05) is 0 Å². The van der Waals surface area contributed by atoms with Crippen LogP contribution in [-0.2, 0) is 0 Å². The second-order valence-electron chi connectivity index (χ2n) is 9.10. The van der Waals surface area contributed by atoms with Crippen LogP contribution in [0, 0.1) is 16.2 Å². The van der Waals surface area contributed by atoms with Crippen LogP contribution in [0.15, 0.2) is 4.88 Å². The summed E-state index contributed by atoms with van der Waals surface area (Å²) in [5.41, 5.74) is 0.783. The Labute approximate surface area is 127 Å². The summed E-state index contributed by atoms with van der Waals surface area (Å²) < 4.78 is 0. The molecule has 0 rings (SSSR count). The summed E-state index contributed by atoms with van der Waals surface area (Å²) in [6.45, 7) is 22.8. The van der Waals surface area contributed by atoms with Crippen LogP contribution in [0.4, 0.5) is 0 Å². The van der Waals surface area contributed by atoms with E-state index in [1.165, 1.54) is 0 Å². The first kappa shape index (κ1) is 19.9. The predicted octanol–water partition coefficient (Wildman–Crippen LogP) is 3.06. The topological polar surface area (TPSA) is 50.4 Å². The molecule has 0 radical (unpaired) electrons. The molecule has 0 aromatic carbocycles. The van der Waals surface area contributed by atoms with Gasteiger partial charge in [0.2, 0.25) is 8.37 Å². The van der Waals surface area contributed by atoms with Gasteiger partial charge in [0, 0.05) is 23.4 Å². The van der Waals surface area contributed by atoms with Gasteiger partial charge < -0.3 is 0 Å². The molecule has 0 bridgehead atoms. The lowest BCUT2D eigenvalue weighted by molar-refractivity contribution is -0.536. The Hall–Kier alpha value is -0.0500. The molecular weight excluding hydrogens is 267 g/mol. The van der Waals surface area contributed by atoms with Crippen LogP contribution in [0.25, 0.3) is 0 Å². The maximum atomic E-state index is 4.61. The van der Waals surface area contributed by atoms with Crippen molar-refractivity contribution in [2.24, 2.45) is 21.1 Å². The van der Waals surface area contributed by atoms with E-state index in [0.29, 0.717) is 0 Å². The highest BCUT2D eigenvalue weighted by Gasteiger charge is 2.20. The van der Waals surface area contributed by atoms with E-state index in [-0.39, 0.29) is 16.2 Å². The Morgan fingerprint density at radius 3 is 1.45 bits per heavy atom. The van der Waals surface area contributed by atoms with Gasteiger partial charge in [-0.1, -0.05) is 62.3 Å². The number of nitrogens with zero attached hydrogens (tertiary/aromatic N) is 1. The number of hydrogen-bond acceptors (Lipinski definition) is 3. The average Bonchev–Trinajstić information content (AvgIpc) is 2.16. The molecule has 120 valence electrons. The van der Waals surface area contributed by atoms with Crippen LogP contribution >= 0.6 is 8.37 Å². The Balaban J connectivity index is 4.46. The summed E-state index contributed by atoms with van der Waals surface area (Å²) in [6.07, 6.45) is 0. The third-order valence-corrected chi connectivity index (χ3v) is 3.56. The van der Waals surface area contributed by atoms with E-state index in [9.17, 15) is 0 Å². The molecule has 0 amide bonds. The van der Waals surface area contributed by atoms with Crippen LogP contribution in [-0.4, -0.2) is 19.6 Å². The molecule has 20 heavy (non-hydrogen) atoms. The fourth-order valence-corrected chi connectivity index (χ4v) is 2.81. The molecule has 0 unspecified atom stereocenters. The van der Waals surface area contributed by atoms with Crippen LogP contribution in [0.5, 0.6) is 0 Å². The summed E-state index contributed by atoms with van der Waals surface area (Å²) in [7, 11) is -0.728. The maximum absolute atomic E-state index is 4.61. The molecule has 4 nitrogen and oxygen atoms in total. The van der Waals surface area contributed by atoms with Crippen molar-refractivity contribution in [2.45, 2.75) is 62.3 Å². The summed E-state index contributed by atoms with van der Waals surface area (Å²) in [6, 6.07) is 0. The van der Waals surface area contributed by atoms with Gasteiger partial charge in [-0.3, -0.25) is 10.2 Å². The Bertz CT molecular complexity index is 276. The van der Waals surface area contributed by atoms with Crippen molar-refractivity contribution in [3.8, 4) is 0 Å². The van der Waals surface area contributed by atoms with Gasteiger partial charge in [0.25, 0.3) is 0 Å². The summed E-state index contributed by atoms with van der Waals surface area (Å²) in [4.78, 5) is 4.61. The van der Waals surface area contributed by atoms with Crippen LogP contribution in [0.3, 0.4) is 0 Å². The molecule has 0 spiro atoms. The molecule has 5 heteroatoms. The third-order valence-electron chi connectivity index (χ3n) is 2.30. The van der Waals surface area contributed by atoms with Crippen molar-refractivity contribution < 1.29 is 5.11 Å². The van der Waals surface area contributed by atoms with Gasteiger partial charge in [-0.2, -0.15) is 0 Å². The largest absolute Gasteiger partial charge is 0.260 e. The van der Waals surface area contributed by atoms with Crippen molar-refractivity contribution in [3.05, 3.63) is 0 Å². The molecule has 0 aromatic rings. The van der Waals surface area contributed by atoms with Crippen LogP contribution in [0.1, 0.15) is 62.3 Å². The van der Waals surface area contributed by atoms with Gasteiger partial charge in [-0.05, 0) is 10.8 Å². The van der Waals surface area contributed by atoms with Crippen LogP contribution in [0.2, 0.25) is 0 Å². The lowest BCUT2D eigenvalue weighted by Crippen LogP contribution is -2.69. The average molecular weight is 303 g/mol. The number of nitrogens with one attached hydrogen (secondary N) is 3. The molecular formula is C15H36N4P+. The van der Waals surface area contributed by atoms with Gasteiger partial charge in [-0.25, -0.2) is 0 Å². The van der Waals surface area contributed by atoms with E-state index < -0.39 is 8.37 Å². The third kappa shape index (κ3) is 14.4. The molecule has 0 saturated carbocycles. The van der Waals surface area contributed by atoms with Gasteiger partial charge in [0.15, 0.2) is 6.54 Å². The van der Waals surface area contributed by atoms with E-state index in [2.05, 4.69) is 82.5 Å². The molecule has 0 atom stereocenters. The van der Waals surface area contributed by atoms with E-state index >= 15 is 0 Å².